The van der Waals surface area contributed by atoms with Crippen molar-refractivity contribution in [2.24, 2.45) is 0 Å². The number of hydrogen-bond acceptors (Lipinski definition) is 8. The monoisotopic (exact) mass is 850 g/mol. The van der Waals surface area contributed by atoms with Gasteiger partial charge >= 0.3 is 0 Å². The van der Waals surface area contributed by atoms with E-state index < -0.39 is 49.5 Å². The first-order chi connectivity index (χ1) is 29.3. The number of rotatable bonds is 42. The van der Waals surface area contributed by atoms with E-state index in [1.807, 2.05) is 6.08 Å². The zero-order chi connectivity index (χ0) is 43.7. The Bertz CT molecular complexity index is 1030. The predicted octanol–water partition coefficient (Wildman–Crippen LogP) is 11.2. The molecule has 9 heteroatoms. The van der Waals surface area contributed by atoms with Crippen LogP contribution < -0.4 is 5.32 Å². The van der Waals surface area contributed by atoms with Crippen molar-refractivity contribution in [1.29, 1.82) is 0 Å². The van der Waals surface area contributed by atoms with Gasteiger partial charge < -0.3 is 40.3 Å². The summed E-state index contributed by atoms with van der Waals surface area (Å²) in [7, 11) is 0. The molecule has 60 heavy (non-hydrogen) atoms. The van der Waals surface area contributed by atoms with Gasteiger partial charge in [0.1, 0.15) is 24.4 Å². The number of unbranched alkanes of at least 4 members (excludes halogenated alkanes) is 28. The molecule has 7 unspecified atom stereocenters. The minimum atomic E-state index is -1.57. The lowest BCUT2D eigenvalue weighted by Gasteiger charge is -2.40. The van der Waals surface area contributed by atoms with Crippen LogP contribution >= 0.6 is 0 Å². The van der Waals surface area contributed by atoms with Crippen LogP contribution in [0.1, 0.15) is 226 Å². The number of amides is 1. The summed E-state index contributed by atoms with van der Waals surface area (Å²) in [6.07, 6.45) is 44.7. The van der Waals surface area contributed by atoms with Crippen molar-refractivity contribution in [2.75, 3.05) is 13.2 Å². The summed E-state index contributed by atoms with van der Waals surface area (Å²) >= 11 is 0. The van der Waals surface area contributed by atoms with Crippen molar-refractivity contribution >= 4 is 5.91 Å². The van der Waals surface area contributed by atoms with Crippen LogP contribution in [0.3, 0.4) is 0 Å². The summed E-state index contributed by atoms with van der Waals surface area (Å²) in [4.78, 5) is 13.0. The number of hydrogen-bond donors (Lipinski definition) is 6. The predicted molar refractivity (Wildman–Crippen MR) is 249 cm³/mol. The zero-order valence-electron chi connectivity index (χ0n) is 38.7. The van der Waals surface area contributed by atoms with Gasteiger partial charge in [-0.2, -0.15) is 0 Å². The second kappa shape index (κ2) is 41.4. The summed E-state index contributed by atoms with van der Waals surface area (Å²) in [6.45, 7) is 3.76. The lowest BCUT2D eigenvalue weighted by Crippen LogP contribution is -2.60. The highest BCUT2D eigenvalue weighted by Crippen LogP contribution is 2.23. The quantitative estimate of drug-likeness (QED) is 0.0263. The van der Waals surface area contributed by atoms with Crippen molar-refractivity contribution in [3.63, 3.8) is 0 Å². The number of ether oxygens (including phenoxy) is 2. The van der Waals surface area contributed by atoms with Crippen LogP contribution in [0.2, 0.25) is 0 Å². The van der Waals surface area contributed by atoms with Crippen molar-refractivity contribution < 1.29 is 39.8 Å². The molecule has 1 amide bonds. The number of carbonyl (C=O) groups excluding carboxylic acids is 1. The molecule has 9 nitrogen and oxygen atoms in total. The third-order valence-electron chi connectivity index (χ3n) is 12.0. The fraction of sp³-hybridized carbons (Fsp3) is 0.863. The smallest absolute Gasteiger partial charge is 0.220 e. The van der Waals surface area contributed by atoms with Gasteiger partial charge in [-0.3, -0.25) is 4.79 Å². The van der Waals surface area contributed by atoms with E-state index in [0.717, 1.165) is 44.9 Å². The van der Waals surface area contributed by atoms with E-state index in [1.165, 1.54) is 161 Å². The van der Waals surface area contributed by atoms with Crippen molar-refractivity contribution in [3.05, 3.63) is 36.5 Å². The molecule has 1 aliphatic rings. The third-order valence-corrected chi connectivity index (χ3v) is 12.0. The molecular formula is C51H95NO8. The van der Waals surface area contributed by atoms with Gasteiger partial charge in [-0.1, -0.05) is 204 Å². The van der Waals surface area contributed by atoms with Crippen LogP contribution in [0.5, 0.6) is 0 Å². The first kappa shape index (κ1) is 56.4. The normalized spacial score (nSPS) is 20.8. The second-order valence-electron chi connectivity index (χ2n) is 17.6. The zero-order valence-corrected chi connectivity index (χ0v) is 38.7. The molecule has 0 aromatic carbocycles. The largest absolute Gasteiger partial charge is 0.394 e. The van der Waals surface area contributed by atoms with Crippen molar-refractivity contribution in [3.8, 4) is 0 Å². The molecule has 1 rings (SSSR count). The van der Waals surface area contributed by atoms with Gasteiger partial charge in [-0.15, -0.1) is 0 Å². The highest BCUT2D eigenvalue weighted by Gasteiger charge is 2.44. The standard InChI is InChI=1S/C51H95NO8/c1-3-5-7-9-11-13-15-17-19-21-23-25-27-29-31-33-35-37-39-41-47(55)52-44(43-59-51-50(58)49(57)48(56)46(42-53)60-51)45(54)40-38-36-34-32-30-28-26-24-22-20-18-16-14-12-10-8-6-4-2/h11,13,17,19,38,40,44-46,48-51,53-54,56-58H,3-10,12,14-16,18,20-37,39,41-43H2,1-2H3,(H,52,55)/b13-11-,19-17-,40-38+. The van der Waals surface area contributed by atoms with Crippen molar-refractivity contribution in [2.45, 2.75) is 269 Å². The van der Waals surface area contributed by atoms with E-state index in [4.69, 9.17) is 9.47 Å². The molecule has 0 aromatic heterocycles. The first-order valence-corrected chi connectivity index (χ1v) is 25.2. The fourth-order valence-electron chi connectivity index (χ4n) is 7.89. The van der Waals surface area contributed by atoms with Gasteiger partial charge in [0.25, 0.3) is 0 Å². The Morgan fingerprint density at radius 3 is 1.47 bits per heavy atom. The molecule has 0 aliphatic carbocycles. The van der Waals surface area contributed by atoms with Crippen molar-refractivity contribution in [1.82, 2.24) is 5.32 Å². The average molecular weight is 850 g/mol. The topological polar surface area (TPSA) is 149 Å². The van der Waals surface area contributed by atoms with E-state index in [2.05, 4.69) is 43.5 Å². The molecule has 0 aromatic rings. The Hall–Kier alpha value is -1.59. The average Bonchev–Trinajstić information content (AvgIpc) is 3.25. The fourth-order valence-corrected chi connectivity index (χ4v) is 7.89. The van der Waals surface area contributed by atoms with Gasteiger partial charge in [0.2, 0.25) is 5.91 Å². The molecule has 1 heterocycles. The van der Waals surface area contributed by atoms with E-state index in [1.54, 1.807) is 6.08 Å². The van der Waals surface area contributed by atoms with E-state index in [0.29, 0.717) is 6.42 Å². The number of carbonyl (C=O) groups is 1. The molecule has 6 N–H and O–H groups in total. The van der Waals surface area contributed by atoms with Crippen LogP contribution in [-0.2, 0) is 14.3 Å². The Balaban J connectivity index is 2.31. The molecule has 352 valence electrons. The molecule has 1 saturated heterocycles. The Morgan fingerprint density at radius 1 is 0.567 bits per heavy atom. The Kier molecular flexibility index (Phi) is 39.0. The SMILES string of the molecule is CCCCC/C=C\C/C=C\CCCCCCCCCCCC(=O)NC(COC1OC(CO)C(O)C(O)C1O)C(O)/C=C/CCCCCCCCCCCCCCCCCC. The van der Waals surface area contributed by atoms with E-state index in [-0.39, 0.29) is 12.5 Å². The van der Waals surface area contributed by atoms with Crippen LogP contribution in [-0.4, -0.2) is 87.5 Å². The Labute approximate surface area is 368 Å². The summed E-state index contributed by atoms with van der Waals surface area (Å²) in [5, 5.41) is 54.3. The number of aliphatic hydroxyl groups is 5. The maximum atomic E-state index is 13.0. The lowest BCUT2D eigenvalue weighted by molar-refractivity contribution is -0.302. The number of nitrogens with one attached hydrogen (secondary N) is 1. The van der Waals surface area contributed by atoms with Crippen LogP contribution in [0.25, 0.3) is 0 Å². The highest BCUT2D eigenvalue weighted by molar-refractivity contribution is 5.76. The molecule has 1 fully saturated rings. The van der Waals surface area contributed by atoms with Gasteiger partial charge in [-0.05, 0) is 51.4 Å². The summed E-state index contributed by atoms with van der Waals surface area (Å²) < 4.78 is 11.2. The second-order valence-corrected chi connectivity index (χ2v) is 17.6. The minimum absolute atomic E-state index is 0.181. The van der Waals surface area contributed by atoms with E-state index >= 15 is 0 Å². The number of allylic oxidation sites excluding steroid dienone is 5. The molecule has 0 spiro atoms. The molecule has 1 aliphatic heterocycles. The van der Waals surface area contributed by atoms with Gasteiger partial charge in [0.15, 0.2) is 6.29 Å². The van der Waals surface area contributed by atoms with E-state index in [9.17, 15) is 30.3 Å². The maximum Gasteiger partial charge on any atom is 0.220 e. The number of aliphatic hydroxyl groups excluding tert-OH is 5. The molecule has 0 bridgehead atoms. The van der Waals surface area contributed by atoms with Crippen LogP contribution in [0.4, 0.5) is 0 Å². The summed E-state index contributed by atoms with van der Waals surface area (Å²) in [5.74, 6) is -0.181. The van der Waals surface area contributed by atoms with Crippen LogP contribution in [0.15, 0.2) is 36.5 Å². The molecule has 0 saturated carbocycles. The Morgan fingerprint density at radius 2 is 0.983 bits per heavy atom. The molecular weight excluding hydrogens is 755 g/mol. The lowest BCUT2D eigenvalue weighted by atomic mass is 9.99. The first-order valence-electron chi connectivity index (χ1n) is 25.2. The summed E-state index contributed by atoms with van der Waals surface area (Å²) in [6, 6.07) is -0.806. The maximum absolute atomic E-state index is 13.0. The third kappa shape index (κ3) is 31.3. The highest BCUT2D eigenvalue weighted by atomic mass is 16.7. The van der Waals surface area contributed by atoms with Gasteiger partial charge in [0.05, 0.1) is 25.4 Å². The van der Waals surface area contributed by atoms with Gasteiger partial charge in [0, 0.05) is 6.42 Å². The summed E-state index contributed by atoms with van der Waals surface area (Å²) in [5.41, 5.74) is 0. The van der Waals surface area contributed by atoms with Gasteiger partial charge in [-0.25, -0.2) is 0 Å². The molecule has 7 atom stereocenters. The molecule has 0 radical (unpaired) electrons. The van der Waals surface area contributed by atoms with Crippen LogP contribution in [0, 0.1) is 0 Å². The minimum Gasteiger partial charge on any atom is -0.394 e.